The second-order valence-corrected chi connectivity index (χ2v) is 5.64. The monoisotopic (exact) mass is 314 g/mol. The zero-order valence-corrected chi connectivity index (χ0v) is 13.5. The van der Waals surface area contributed by atoms with Crippen LogP contribution in [0, 0.1) is 0 Å². The number of nitrogens with zero attached hydrogens (tertiary/aromatic N) is 2. The molecule has 0 fully saturated rings. The Morgan fingerprint density at radius 1 is 1.52 bits per heavy atom. The Balaban J connectivity index is 1.91. The maximum absolute atomic E-state index is 12.0. The van der Waals surface area contributed by atoms with Crippen LogP contribution in [-0.4, -0.2) is 36.2 Å². The van der Waals surface area contributed by atoms with Crippen molar-refractivity contribution in [2.24, 2.45) is 0 Å². The highest BCUT2D eigenvalue weighted by Crippen LogP contribution is 2.38. The normalized spacial score (nSPS) is 16.3. The van der Waals surface area contributed by atoms with Crippen LogP contribution in [0.2, 0.25) is 0 Å². The summed E-state index contributed by atoms with van der Waals surface area (Å²) in [6.45, 7) is 3.30. The molecule has 122 valence electrons. The number of nitrogens with one attached hydrogen (secondary N) is 2. The van der Waals surface area contributed by atoms with E-state index >= 15 is 0 Å². The zero-order chi connectivity index (χ0) is 16.2. The molecule has 1 atom stereocenters. The minimum Gasteiger partial charge on any atom is -0.493 e. The fourth-order valence-corrected chi connectivity index (χ4v) is 3.07. The van der Waals surface area contributed by atoms with E-state index < -0.39 is 0 Å². The van der Waals surface area contributed by atoms with Gasteiger partial charge in [0.15, 0.2) is 0 Å². The Labute approximate surface area is 135 Å². The maximum atomic E-state index is 12.0. The third kappa shape index (κ3) is 3.16. The second kappa shape index (κ2) is 6.73. The summed E-state index contributed by atoms with van der Waals surface area (Å²) in [7, 11) is 1.65. The van der Waals surface area contributed by atoms with Crippen molar-refractivity contribution in [2.45, 2.75) is 25.7 Å². The molecule has 23 heavy (non-hydrogen) atoms. The van der Waals surface area contributed by atoms with E-state index in [1.807, 2.05) is 25.3 Å². The number of ether oxygens (including phenoxy) is 1. The van der Waals surface area contributed by atoms with Crippen molar-refractivity contribution in [2.75, 3.05) is 25.1 Å². The average molecular weight is 314 g/mol. The number of amides is 2. The van der Waals surface area contributed by atoms with Crippen molar-refractivity contribution < 1.29 is 9.53 Å². The number of H-pyrrole nitrogens is 1. The molecule has 2 N–H and O–H groups in total. The number of rotatable bonds is 4. The van der Waals surface area contributed by atoms with Gasteiger partial charge in [-0.2, -0.15) is 0 Å². The van der Waals surface area contributed by atoms with Crippen LogP contribution in [0.5, 0.6) is 5.75 Å². The fourth-order valence-electron chi connectivity index (χ4n) is 3.07. The van der Waals surface area contributed by atoms with Crippen molar-refractivity contribution in [3.05, 3.63) is 42.0 Å². The van der Waals surface area contributed by atoms with Crippen LogP contribution in [0.3, 0.4) is 0 Å². The molecule has 1 aliphatic heterocycles. The van der Waals surface area contributed by atoms with Crippen molar-refractivity contribution in [1.82, 2.24) is 15.3 Å². The summed E-state index contributed by atoms with van der Waals surface area (Å²) < 4.78 is 5.78. The third-order valence-electron chi connectivity index (χ3n) is 4.27. The van der Waals surface area contributed by atoms with Gasteiger partial charge in [0.25, 0.3) is 0 Å². The van der Waals surface area contributed by atoms with Gasteiger partial charge in [0.05, 0.1) is 12.9 Å². The quantitative estimate of drug-likeness (QED) is 0.911. The lowest BCUT2D eigenvalue weighted by atomic mass is 9.89. The number of fused-ring (bicyclic) bond motifs is 1. The first-order valence-electron chi connectivity index (χ1n) is 7.96. The first-order valence-corrected chi connectivity index (χ1v) is 7.96. The SMILES string of the molecule is CCN(C(=O)NC)c1ccc2c(c1)C(Cc1cnc[nH]1)CCO2. The van der Waals surface area contributed by atoms with Gasteiger partial charge in [-0.25, -0.2) is 9.78 Å². The second-order valence-electron chi connectivity index (χ2n) is 5.64. The van der Waals surface area contributed by atoms with Gasteiger partial charge in [0, 0.05) is 31.2 Å². The first-order chi connectivity index (χ1) is 11.2. The Kier molecular flexibility index (Phi) is 4.50. The van der Waals surface area contributed by atoms with Gasteiger partial charge in [-0.05, 0) is 49.4 Å². The molecular weight excluding hydrogens is 292 g/mol. The molecule has 6 heteroatoms. The minimum atomic E-state index is -0.103. The van der Waals surface area contributed by atoms with Gasteiger partial charge in [0.1, 0.15) is 5.75 Å². The van der Waals surface area contributed by atoms with E-state index in [1.165, 1.54) is 0 Å². The summed E-state index contributed by atoms with van der Waals surface area (Å²) in [5.41, 5.74) is 3.17. The minimum absolute atomic E-state index is 0.103. The zero-order valence-electron chi connectivity index (χ0n) is 13.5. The Morgan fingerprint density at radius 3 is 3.09 bits per heavy atom. The number of anilines is 1. The molecule has 0 saturated heterocycles. The lowest BCUT2D eigenvalue weighted by molar-refractivity contribution is 0.248. The summed E-state index contributed by atoms with van der Waals surface area (Å²) >= 11 is 0. The van der Waals surface area contributed by atoms with Crippen LogP contribution in [0.4, 0.5) is 10.5 Å². The summed E-state index contributed by atoms with van der Waals surface area (Å²) in [4.78, 5) is 21.0. The molecule has 2 aromatic rings. The molecule has 2 heterocycles. The Hall–Kier alpha value is -2.50. The number of aromatic amines is 1. The van der Waals surface area contributed by atoms with Crippen molar-refractivity contribution in [1.29, 1.82) is 0 Å². The highest BCUT2D eigenvalue weighted by molar-refractivity contribution is 5.91. The standard InChI is InChI=1S/C17H22N4O2/c1-3-21(17(22)18-2)14-4-5-16-15(9-14)12(6-7-23-16)8-13-10-19-11-20-13/h4-5,9-12H,3,6-8H2,1-2H3,(H,18,22)(H,19,20). The largest absolute Gasteiger partial charge is 0.493 e. The van der Waals surface area contributed by atoms with Gasteiger partial charge in [-0.3, -0.25) is 4.90 Å². The molecule has 1 aromatic heterocycles. The molecular formula is C17H22N4O2. The fraction of sp³-hybridized carbons (Fsp3) is 0.412. The lowest BCUT2D eigenvalue weighted by Gasteiger charge is -2.28. The topological polar surface area (TPSA) is 70.2 Å². The van der Waals surface area contributed by atoms with E-state index in [4.69, 9.17) is 4.74 Å². The molecule has 0 aliphatic carbocycles. The molecule has 3 rings (SSSR count). The molecule has 0 saturated carbocycles. The molecule has 0 spiro atoms. The number of hydrogen-bond donors (Lipinski definition) is 2. The third-order valence-corrected chi connectivity index (χ3v) is 4.27. The van der Waals surface area contributed by atoms with Crippen LogP contribution >= 0.6 is 0 Å². The number of carbonyl (C=O) groups excluding carboxylic acids is 1. The van der Waals surface area contributed by atoms with E-state index in [2.05, 4.69) is 21.4 Å². The van der Waals surface area contributed by atoms with Crippen molar-refractivity contribution >= 4 is 11.7 Å². The van der Waals surface area contributed by atoms with Gasteiger partial charge >= 0.3 is 6.03 Å². The average Bonchev–Trinajstić information content (AvgIpc) is 3.09. The van der Waals surface area contributed by atoms with Crippen LogP contribution in [0.1, 0.15) is 30.5 Å². The highest BCUT2D eigenvalue weighted by Gasteiger charge is 2.24. The van der Waals surface area contributed by atoms with Crippen LogP contribution in [0.15, 0.2) is 30.7 Å². The van der Waals surface area contributed by atoms with E-state index in [0.29, 0.717) is 12.5 Å². The van der Waals surface area contributed by atoms with E-state index in [0.717, 1.165) is 42.1 Å². The molecule has 1 aliphatic rings. The Morgan fingerprint density at radius 2 is 2.39 bits per heavy atom. The highest BCUT2D eigenvalue weighted by atomic mass is 16.5. The van der Waals surface area contributed by atoms with E-state index in [1.54, 1.807) is 18.3 Å². The number of imidazole rings is 1. The number of urea groups is 1. The number of carbonyl (C=O) groups is 1. The molecule has 0 bridgehead atoms. The molecule has 6 nitrogen and oxygen atoms in total. The predicted octanol–water partition coefficient (Wildman–Crippen LogP) is 2.68. The van der Waals surface area contributed by atoms with E-state index in [-0.39, 0.29) is 6.03 Å². The summed E-state index contributed by atoms with van der Waals surface area (Å²) in [5.74, 6) is 1.28. The van der Waals surface area contributed by atoms with Crippen LogP contribution < -0.4 is 15.0 Å². The van der Waals surface area contributed by atoms with Crippen molar-refractivity contribution in [3.8, 4) is 5.75 Å². The molecule has 0 radical (unpaired) electrons. The lowest BCUT2D eigenvalue weighted by Crippen LogP contribution is -2.38. The number of aromatic nitrogens is 2. The van der Waals surface area contributed by atoms with Crippen molar-refractivity contribution in [3.63, 3.8) is 0 Å². The van der Waals surface area contributed by atoms with Gasteiger partial charge in [-0.15, -0.1) is 0 Å². The number of benzene rings is 1. The smallest absolute Gasteiger partial charge is 0.321 e. The summed E-state index contributed by atoms with van der Waals surface area (Å²) in [6, 6.07) is 5.88. The molecule has 1 unspecified atom stereocenters. The number of hydrogen-bond acceptors (Lipinski definition) is 3. The van der Waals surface area contributed by atoms with Crippen LogP contribution in [-0.2, 0) is 6.42 Å². The molecule has 1 aromatic carbocycles. The van der Waals surface area contributed by atoms with Gasteiger partial charge in [-0.1, -0.05) is 0 Å². The van der Waals surface area contributed by atoms with Gasteiger partial charge in [0.2, 0.25) is 0 Å². The Bertz CT molecular complexity index is 669. The summed E-state index contributed by atoms with van der Waals surface area (Å²) in [5, 5.41) is 2.68. The maximum Gasteiger partial charge on any atom is 0.321 e. The first kappa shape index (κ1) is 15.4. The van der Waals surface area contributed by atoms with E-state index in [9.17, 15) is 4.79 Å². The predicted molar refractivity (Wildman–Crippen MR) is 89.1 cm³/mol. The summed E-state index contributed by atoms with van der Waals surface area (Å²) in [6.07, 6.45) is 5.42. The molecule has 2 amide bonds. The van der Waals surface area contributed by atoms with Crippen LogP contribution in [0.25, 0.3) is 0 Å². The van der Waals surface area contributed by atoms with Gasteiger partial charge < -0.3 is 15.0 Å².